The minimum atomic E-state index is -0.610. The molecule has 0 radical (unpaired) electrons. The number of thiophene rings is 2. The van der Waals surface area contributed by atoms with E-state index in [2.05, 4.69) is 234 Å². The van der Waals surface area contributed by atoms with E-state index < -0.39 is 5.41 Å². The van der Waals surface area contributed by atoms with Crippen LogP contribution < -0.4 is 9.80 Å². The molecule has 2 aliphatic rings. The zero-order chi connectivity index (χ0) is 44.5. The highest BCUT2D eigenvalue weighted by atomic mass is 32.1. The quantitative estimate of drug-likeness (QED) is 0.166. The number of hydrogen-bond donors (Lipinski definition) is 0. The van der Waals surface area contributed by atoms with Crippen molar-refractivity contribution in [1.29, 1.82) is 0 Å². The largest absolute Gasteiger partial charge is 0.456 e. The monoisotopic (exact) mass is 902 g/mol. The van der Waals surface area contributed by atoms with Gasteiger partial charge in [-0.15, -0.1) is 22.7 Å². The van der Waals surface area contributed by atoms with E-state index in [4.69, 9.17) is 4.42 Å². The highest BCUT2D eigenvalue weighted by Crippen LogP contribution is 2.67. The Kier molecular flexibility index (Phi) is 8.03. The molecule has 3 nitrogen and oxygen atoms in total. The summed E-state index contributed by atoms with van der Waals surface area (Å²) >= 11 is 3.80. The SMILES string of the molecule is c1ccc(N(c2ccc3c(c2)C2(c4ccccc4-c4ccc(N(c5ccccc5)c5cccc6c5sc5ccccc56)cc42)c2c-3sc3ccccc23)c2ccc3oc4ccccc4c3c2)cc1. The summed E-state index contributed by atoms with van der Waals surface area (Å²) < 4.78 is 10.2. The lowest BCUT2D eigenvalue weighted by Gasteiger charge is -2.33. The fourth-order valence-corrected chi connectivity index (χ4v) is 14.2. The Hall–Kier alpha value is -8.22. The van der Waals surface area contributed by atoms with E-state index in [9.17, 15) is 0 Å². The molecule has 1 spiro atoms. The molecule has 0 bridgehead atoms. The molecule has 0 aliphatic heterocycles. The van der Waals surface area contributed by atoms with Crippen LogP contribution in [0.3, 0.4) is 0 Å². The molecule has 10 aromatic carbocycles. The van der Waals surface area contributed by atoms with Crippen LogP contribution in [0.1, 0.15) is 22.3 Å². The first kappa shape index (κ1) is 37.9. The third-order valence-electron chi connectivity index (χ3n) is 14.4. The molecule has 5 heteroatoms. The number of fused-ring (bicyclic) bond motifs is 18. The summed E-state index contributed by atoms with van der Waals surface area (Å²) in [5.41, 5.74) is 17.0. The lowest BCUT2D eigenvalue weighted by atomic mass is 9.70. The number of furan rings is 1. The van der Waals surface area contributed by atoms with Gasteiger partial charge in [0, 0.05) is 64.3 Å². The van der Waals surface area contributed by atoms with Crippen molar-refractivity contribution in [1.82, 2.24) is 0 Å². The Morgan fingerprint density at radius 1 is 0.338 bits per heavy atom. The average Bonchev–Trinajstić information content (AvgIpc) is 4.20. The van der Waals surface area contributed by atoms with Crippen molar-refractivity contribution < 1.29 is 4.42 Å². The first-order chi connectivity index (χ1) is 33.7. The van der Waals surface area contributed by atoms with Gasteiger partial charge in [-0.25, -0.2) is 0 Å². The fourth-order valence-electron chi connectivity index (χ4n) is 11.7. The second-order valence-corrected chi connectivity index (χ2v) is 20.0. The summed E-state index contributed by atoms with van der Waals surface area (Å²) in [6, 6.07) is 85.0. The molecule has 3 heterocycles. The number of para-hydroxylation sites is 3. The molecule has 15 rings (SSSR count). The molecule has 2 aliphatic carbocycles. The molecule has 13 aromatic rings. The standard InChI is InChI=1S/C63H38N2OS2/c1-3-16-39(17-4-1)64(41-32-35-57-51(36-41)46-21-8-12-27-56(46)66-57)42-31-34-49-54(37-42)63(60-50-23-10-14-29-59(50)68-62(49)60)52-25-11-7-20-44(52)45-33-30-43(38-53(45)63)65(40-18-5-2-6-19-40)55-26-15-24-48-47-22-9-13-28-58(47)67-61(48)55/h1-38H. The molecule has 3 aromatic heterocycles. The second-order valence-electron chi connectivity index (χ2n) is 17.9. The minimum absolute atomic E-state index is 0.610. The van der Waals surface area contributed by atoms with Crippen molar-refractivity contribution in [3.63, 3.8) is 0 Å². The summed E-state index contributed by atoms with van der Waals surface area (Å²) in [7, 11) is 0. The molecule has 318 valence electrons. The fraction of sp³-hybridized carbons (Fsp3) is 0.0159. The first-order valence-electron chi connectivity index (χ1n) is 23.2. The molecule has 68 heavy (non-hydrogen) atoms. The van der Waals surface area contributed by atoms with Crippen LogP contribution in [0.4, 0.5) is 34.1 Å². The van der Waals surface area contributed by atoms with E-state index in [1.807, 2.05) is 28.7 Å². The lowest BCUT2D eigenvalue weighted by molar-refractivity contribution is 0.669. The number of rotatable bonds is 6. The Balaban J connectivity index is 1.01. The van der Waals surface area contributed by atoms with Gasteiger partial charge in [-0.2, -0.15) is 0 Å². The predicted octanol–water partition coefficient (Wildman–Crippen LogP) is 18.5. The van der Waals surface area contributed by atoms with Gasteiger partial charge in [-0.05, 0) is 135 Å². The van der Waals surface area contributed by atoms with Crippen LogP contribution >= 0.6 is 22.7 Å². The first-order valence-corrected chi connectivity index (χ1v) is 24.8. The van der Waals surface area contributed by atoms with E-state index in [0.29, 0.717) is 0 Å². The van der Waals surface area contributed by atoms with Gasteiger partial charge in [0.1, 0.15) is 11.2 Å². The van der Waals surface area contributed by atoms with Gasteiger partial charge >= 0.3 is 0 Å². The van der Waals surface area contributed by atoms with Gasteiger partial charge < -0.3 is 14.2 Å². The Bertz CT molecular complexity index is 4180. The average molecular weight is 903 g/mol. The number of anilines is 6. The van der Waals surface area contributed by atoms with Crippen molar-refractivity contribution in [3.05, 3.63) is 253 Å². The van der Waals surface area contributed by atoms with Gasteiger partial charge in [0.15, 0.2) is 0 Å². The van der Waals surface area contributed by atoms with Gasteiger partial charge in [0.05, 0.1) is 15.8 Å². The van der Waals surface area contributed by atoms with Gasteiger partial charge in [-0.3, -0.25) is 0 Å². The van der Waals surface area contributed by atoms with E-state index in [-0.39, 0.29) is 0 Å². The molecular weight excluding hydrogens is 865 g/mol. The van der Waals surface area contributed by atoms with Crippen molar-refractivity contribution >= 4 is 109 Å². The number of hydrogen-bond acceptors (Lipinski definition) is 5. The van der Waals surface area contributed by atoms with Crippen LogP contribution in [0.25, 0.3) is 73.8 Å². The van der Waals surface area contributed by atoms with Crippen molar-refractivity contribution in [2.45, 2.75) is 5.41 Å². The van der Waals surface area contributed by atoms with E-state index in [1.165, 1.54) is 79.8 Å². The van der Waals surface area contributed by atoms with Crippen LogP contribution in [0, 0.1) is 0 Å². The molecule has 0 saturated carbocycles. The maximum atomic E-state index is 6.35. The maximum absolute atomic E-state index is 6.35. The number of benzene rings is 10. The lowest BCUT2D eigenvalue weighted by Crippen LogP contribution is -2.26. The zero-order valence-corrected chi connectivity index (χ0v) is 38.2. The maximum Gasteiger partial charge on any atom is 0.135 e. The van der Waals surface area contributed by atoms with E-state index in [0.717, 1.165) is 50.4 Å². The third kappa shape index (κ3) is 5.23. The normalized spacial score (nSPS) is 14.5. The van der Waals surface area contributed by atoms with Crippen LogP contribution in [0.5, 0.6) is 0 Å². The topological polar surface area (TPSA) is 19.6 Å². The van der Waals surface area contributed by atoms with Crippen molar-refractivity contribution in [2.75, 3.05) is 9.80 Å². The summed E-state index contributed by atoms with van der Waals surface area (Å²) in [5.74, 6) is 0. The zero-order valence-electron chi connectivity index (χ0n) is 36.6. The molecule has 0 fully saturated rings. The molecule has 0 saturated heterocycles. The molecule has 0 amide bonds. The van der Waals surface area contributed by atoms with Crippen LogP contribution in [0.15, 0.2) is 235 Å². The highest BCUT2D eigenvalue weighted by Gasteiger charge is 2.54. The summed E-state index contributed by atoms with van der Waals surface area (Å²) in [4.78, 5) is 6.24. The van der Waals surface area contributed by atoms with Crippen molar-refractivity contribution in [3.8, 4) is 21.6 Å². The Morgan fingerprint density at radius 3 is 1.71 bits per heavy atom. The minimum Gasteiger partial charge on any atom is -0.456 e. The van der Waals surface area contributed by atoms with E-state index >= 15 is 0 Å². The van der Waals surface area contributed by atoms with Crippen LogP contribution in [-0.4, -0.2) is 0 Å². The Morgan fingerprint density at radius 2 is 0.897 bits per heavy atom. The van der Waals surface area contributed by atoms with Gasteiger partial charge in [-0.1, -0.05) is 140 Å². The molecule has 1 unspecified atom stereocenters. The molecule has 0 N–H and O–H groups in total. The van der Waals surface area contributed by atoms with Gasteiger partial charge in [0.25, 0.3) is 0 Å². The number of nitrogens with zero attached hydrogens (tertiary/aromatic N) is 2. The summed E-state index contributed by atoms with van der Waals surface area (Å²) in [5, 5.41) is 6.10. The van der Waals surface area contributed by atoms with Crippen molar-refractivity contribution in [2.24, 2.45) is 0 Å². The highest BCUT2D eigenvalue weighted by molar-refractivity contribution is 7.26. The summed E-state index contributed by atoms with van der Waals surface area (Å²) in [6.07, 6.45) is 0. The molecular formula is C63H38N2OS2. The van der Waals surface area contributed by atoms with Crippen LogP contribution in [-0.2, 0) is 5.41 Å². The molecule has 1 atom stereocenters. The third-order valence-corrected chi connectivity index (χ3v) is 16.9. The van der Waals surface area contributed by atoms with Gasteiger partial charge in [0.2, 0.25) is 0 Å². The Labute approximate surface area is 400 Å². The smallest absolute Gasteiger partial charge is 0.135 e. The second kappa shape index (κ2) is 14.4. The predicted molar refractivity (Wildman–Crippen MR) is 288 cm³/mol. The van der Waals surface area contributed by atoms with E-state index in [1.54, 1.807) is 0 Å². The summed E-state index contributed by atoms with van der Waals surface area (Å²) in [6.45, 7) is 0. The van der Waals surface area contributed by atoms with Crippen LogP contribution in [0.2, 0.25) is 0 Å².